The van der Waals surface area contributed by atoms with Crippen LogP contribution in [0.25, 0.3) is 0 Å². The Kier molecular flexibility index (Phi) is 6.03. The first-order valence-corrected chi connectivity index (χ1v) is 11.5. The first kappa shape index (κ1) is 21.8. The Bertz CT molecular complexity index is 1170. The van der Waals surface area contributed by atoms with Crippen LogP contribution in [0.4, 0.5) is 22.0 Å². The molecule has 2 aromatic carbocycles. The number of anilines is 3. The minimum absolute atomic E-state index is 0.114. The monoisotopic (exact) mass is 457 g/mol. The molecule has 0 bridgehead atoms. The zero-order valence-electron chi connectivity index (χ0n) is 18.8. The highest BCUT2D eigenvalue weighted by Crippen LogP contribution is 2.36. The lowest BCUT2D eigenvalue weighted by Crippen LogP contribution is -2.66. The molecule has 1 saturated carbocycles. The number of carbonyl (C=O) groups is 2. The zero-order valence-corrected chi connectivity index (χ0v) is 18.8. The van der Waals surface area contributed by atoms with Crippen LogP contribution in [-0.4, -0.2) is 47.1 Å². The number of hydrogen-bond acceptors (Lipinski definition) is 6. The summed E-state index contributed by atoms with van der Waals surface area (Å²) in [6, 6.07) is 20.8. The molecule has 2 heterocycles. The standard InChI is InChI=1S/C26H27N5O3/c27-20-8-4-5-9-21(20)29-25(32)19-10-13-24(28-16-19)30-14-15-31(23-12-11-22(23)30)26(33)34-17-18-6-2-1-3-7-18/h1-10,13,16,22-23H,11-12,14-15,17,27H2,(H,29,32). The van der Waals surface area contributed by atoms with Crippen molar-refractivity contribution in [2.75, 3.05) is 29.0 Å². The highest BCUT2D eigenvalue weighted by Gasteiger charge is 2.45. The summed E-state index contributed by atoms with van der Waals surface area (Å²) in [4.78, 5) is 33.9. The Hall–Kier alpha value is -4.07. The van der Waals surface area contributed by atoms with E-state index in [1.165, 1.54) is 0 Å². The smallest absolute Gasteiger partial charge is 0.410 e. The third-order valence-electron chi connectivity index (χ3n) is 6.54. The first-order valence-electron chi connectivity index (χ1n) is 11.5. The minimum atomic E-state index is -0.265. The van der Waals surface area contributed by atoms with Gasteiger partial charge in [0.2, 0.25) is 0 Å². The number of hydrogen-bond donors (Lipinski definition) is 2. The summed E-state index contributed by atoms with van der Waals surface area (Å²) < 4.78 is 5.56. The van der Waals surface area contributed by atoms with E-state index in [4.69, 9.17) is 10.5 Å². The number of nitrogen functional groups attached to an aromatic ring is 1. The first-order chi connectivity index (χ1) is 16.6. The third-order valence-corrected chi connectivity index (χ3v) is 6.54. The molecule has 3 N–H and O–H groups in total. The molecule has 2 amide bonds. The van der Waals surface area contributed by atoms with Gasteiger partial charge in [-0.25, -0.2) is 9.78 Å². The normalized spacial score (nSPS) is 19.1. The van der Waals surface area contributed by atoms with Crippen LogP contribution in [0.1, 0.15) is 28.8 Å². The van der Waals surface area contributed by atoms with Gasteiger partial charge < -0.3 is 25.6 Å². The van der Waals surface area contributed by atoms with E-state index in [1.54, 1.807) is 24.4 Å². The second-order valence-electron chi connectivity index (χ2n) is 8.59. The van der Waals surface area contributed by atoms with E-state index in [2.05, 4.69) is 15.2 Å². The molecule has 2 aliphatic rings. The molecule has 2 fully saturated rings. The van der Waals surface area contributed by atoms with Gasteiger partial charge in [0.1, 0.15) is 12.4 Å². The topological polar surface area (TPSA) is 101 Å². The Morgan fingerprint density at radius 1 is 0.971 bits per heavy atom. The van der Waals surface area contributed by atoms with Crippen LogP contribution in [0, 0.1) is 0 Å². The number of aromatic nitrogens is 1. The molecule has 174 valence electrons. The van der Waals surface area contributed by atoms with Crippen LogP contribution >= 0.6 is 0 Å². The molecule has 8 nitrogen and oxygen atoms in total. The van der Waals surface area contributed by atoms with Gasteiger partial charge in [0, 0.05) is 19.3 Å². The molecule has 1 saturated heterocycles. The highest BCUT2D eigenvalue weighted by molar-refractivity contribution is 6.05. The molecule has 34 heavy (non-hydrogen) atoms. The number of pyridine rings is 1. The van der Waals surface area contributed by atoms with E-state index in [-0.39, 0.29) is 30.7 Å². The van der Waals surface area contributed by atoms with Gasteiger partial charge in [0.05, 0.1) is 29.0 Å². The molecule has 5 rings (SSSR count). The van der Waals surface area contributed by atoms with Crippen molar-refractivity contribution in [3.05, 3.63) is 84.1 Å². The molecule has 1 aliphatic carbocycles. The lowest BCUT2D eigenvalue weighted by molar-refractivity contribution is 0.0395. The fourth-order valence-electron chi connectivity index (χ4n) is 4.55. The average Bonchev–Trinajstić information content (AvgIpc) is 2.85. The maximum absolute atomic E-state index is 12.7. The van der Waals surface area contributed by atoms with Crippen molar-refractivity contribution in [3.63, 3.8) is 0 Å². The van der Waals surface area contributed by atoms with Crippen molar-refractivity contribution in [1.82, 2.24) is 9.88 Å². The Labute approximate surface area is 198 Å². The largest absolute Gasteiger partial charge is 0.445 e. The molecule has 3 aromatic rings. The number of piperazine rings is 1. The molecule has 1 aliphatic heterocycles. The molecule has 0 spiro atoms. The fourth-order valence-corrected chi connectivity index (χ4v) is 4.55. The molecule has 8 heteroatoms. The predicted octanol–water partition coefficient (Wildman–Crippen LogP) is 3.91. The maximum atomic E-state index is 12.7. The van der Waals surface area contributed by atoms with Crippen molar-refractivity contribution >= 4 is 29.2 Å². The number of ether oxygens (including phenoxy) is 1. The molecule has 1 aromatic heterocycles. The Morgan fingerprint density at radius 2 is 1.74 bits per heavy atom. The number of benzene rings is 2. The summed E-state index contributed by atoms with van der Waals surface area (Å²) in [7, 11) is 0. The number of nitrogens with two attached hydrogens (primary N) is 1. The summed E-state index contributed by atoms with van der Waals surface area (Å²) >= 11 is 0. The summed E-state index contributed by atoms with van der Waals surface area (Å²) in [6.07, 6.45) is 3.25. The van der Waals surface area contributed by atoms with Gasteiger partial charge in [-0.2, -0.15) is 0 Å². The lowest BCUT2D eigenvalue weighted by Gasteiger charge is -2.53. The van der Waals surface area contributed by atoms with Gasteiger partial charge in [-0.05, 0) is 42.7 Å². The highest BCUT2D eigenvalue weighted by atomic mass is 16.6. The second-order valence-corrected chi connectivity index (χ2v) is 8.59. The summed E-state index contributed by atoms with van der Waals surface area (Å²) in [5.41, 5.74) is 8.43. The predicted molar refractivity (Wildman–Crippen MR) is 131 cm³/mol. The fraction of sp³-hybridized carbons (Fsp3) is 0.269. The molecule has 2 atom stereocenters. The van der Waals surface area contributed by atoms with Crippen LogP contribution in [0.2, 0.25) is 0 Å². The number of fused-ring (bicyclic) bond motifs is 1. The number of amides is 2. The van der Waals surface area contributed by atoms with Gasteiger partial charge in [0.25, 0.3) is 5.91 Å². The molecular formula is C26H27N5O3. The number of rotatable bonds is 5. The Balaban J connectivity index is 1.20. The van der Waals surface area contributed by atoms with Gasteiger partial charge in [-0.15, -0.1) is 0 Å². The average molecular weight is 458 g/mol. The lowest BCUT2D eigenvalue weighted by atomic mass is 9.82. The number of para-hydroxylation sites is 2. The molecule has 0 radical (unpaired) electrons. The summed E-state index contributed by atoms with van der Waals surface area (Å²) in [5.74, 6) is 0.548. The van der Waals surface area contributed by atoms with E-state index < -0.39 is 0 Å². The van der Waals surface area contributed by atoms with E-state index in [0.717, 1.165) is 24.2 Å². The maximum Gasteiger partial charge on any atom is 0.410 e. The van der Waals surface area contributed by atoms with Crippen LogP contribution in [0.3, 0.4) is 0 Å². The third kappa shape index (κ3) is 4.39. The van der Waals surface area contributed by atoms with E-state index in [0.29, 0.717) is 30.0 Å². The number of nitrogens with one attached hydrogen (secondary N) is 1. The zero-order chi connectivity index (χ0) is 23.5. The van der Waals surface area contributed by atoms with Crippen LogP contribution < -0.4 is 16.0 Å². The van der Waals surface area contributed by atoms with Crippen molar-refractivity contribution in [3.8, 4) is 0 Å². The van der Waals surface area contributed by atoms with Gasteiger partial charge in [-0.1, -0.05) is 42.5 Å². The van der Waals surface area contributed by atoms with Gasteiger partial charge >= 0.3 is 6.09 Å². The minimum Gasteiger partial charge on any atom is -0.445 e. The summed E-state index contributed by atoms with van der Waals surface area (Å²) in [5, 5.41) is 2.82. The molecular weight excluding hydrogens is 430 g/mol. The quantitative estimate of drug-likeness (QED) is 0.564. The van der Waals surface area contributed by atoms with Gasteiger partial charge in [-0.3, -0.25) is 4.79 Å². The van der Waals surface area contributed by atoms with E-state index >= 15 is 0 Å². The van der Waals surface area contributed by atoms with Crippen molar-refractivity contribution in [1.29, 1.82) is 0 Å². The second kappa shape index (κ2) is 9.43. The number of carbonyl (C=O) groups excluding carboxylic acids is 2. The van der Waals surface area contributed by atoms with Gasteiger partial charge in [0.15, 0.2) is 0 Å². The van der Waals surface area contributed by atoms with Crippen molar-refractivity contribution in [2.24, 2.45) is 0 Å². The van der Waals surface area contributed by atoms with Crippen LogP contribution in [0.15, 0.2) is 72.9 Å². The SMILES string of the molecule is Nc1ccccc1NC(=O)c1ccc(N2CCN(C(=O)OCc3ccccc3)C3CCC32)nc1. The summed E-state index contributed by atoms with van der Waals surface area (Å²) in [6.45, 7) is 1.52. The van der Waals surface area contributed by atoms with Crippen LogP contribution in [-0.2, 0) is 11.3 Å². The van der Waals surface area contributed by atoms with Crippen LogP contribution in [0.5, 0.6) is 0 Å². The van der Waals surface area contributed by atoms with E-state index in [1.807, 2.05) is 53.4 Å². The number of nitrogens with zero attached hydrogens (tertiary/aromatic N) is 3. The molecule has 2 unspecified atom stereocenters. The van der Waals surface area contributed by atoms with Crippen molar-refractivity contribution in [2.45, 2.75) is 31.5 Å². The Morgan fingerprint density at radius 3 is 2.44 bits per heavy atom. The van der Waals surface area contributed by atoms with Crippen molar-refractivity contribution < 1.29 is 14.3 Å². The van der Waals surface area contributed by atoms with E-state index in [9.17, 15) is 9.59 Å².